The van der Waals surface area contributed by atoms with Crippen molar-refractivity contribution in [1.29, 1.82) is 0 Å². The molecule has 0 unspecified atom stereocenters. The maximum absolute atomic E-state index is 12.1. The molecular formula is C21H18N6OS. The Morgan fingerprint density at radius 2 is 1.62 bits per heavy atom. The Balaban J connectivity index is 1.67. The first kappa shape index (κ1) is 18.7. The van der Waals surface area contributed by atoms with Crippen LogP contribution >= 0.6 is 11.3 Å². The number of benzene rings is 2. The Bertz CT molecular complexity index is 1160. The number of amides is 1. The van der Waals surface area contributed by atoms with E-state index in [0.717, 1.165) is 16.1 Å². The van der Waals surface area contributed by atoms with Crippen LogP contribution in [0.2, 0.25) is 0 Å². The monoisotopic (exact) mass is 402 g/mol. The van der Waals surface area contributed by atoms with Gasteiger partial charge in [-0.15, -0.1) is 10.2 Å². The molecule has 0 radical (unpaired) electrons. The van der Waals surface area contributed by atoms with E-state index in [9.17, 15) is 4.79 Å². The molecule has 0 bridgehead atoms. The minimum Gasteiger partial charge on any atom is -0.382 e. The number of nitrogen functional groups attached to an aromatic ring is 1. The molecule has 2 heterocycles. The zero-order valence-corrected chi connectivity index (χ0v) is 16.7. The summed E-state index contributed by atoms with van der Waals surface area (Å²) < 4.78 is 0. The molecule has 0 aliphatic rings. The molecule has 0 aliphatic carbocycles. The van der Waals surface area contributed by atoms with Gasteiger partial charge in [0.1, 0.15) is 10.7 Å². The summed E-state index contributed by atoms with van der Waals surface area (Å²) in [5.74, 6) is 0.242. The summed E-state index contributed by atoms with van der Waals surface area (Å²) in [7, 11) is 3.44. The van der Waals surface area contributed by atoms with E-state index in [1.807, 2.05) is 42.5 Å². The highest BCUT2D eigenvalue weighted by Gasteiger charge is 2.15. The number of nitrogens with two attached hydrogens (primary N) is 1. The van der Waals surface area contributed by atoms with Crippen molar-refractivity contribution >= 4 is 23.1 Å². The molecule has 0 saturated carbocycles. The molecule has 4 aromatic rings. The molecule has 8 heteroatoms. The smallest absolute Gasteiger partial charge is 0.253 e. The summed E-state index contributed by atoms with van der Waals surface area (Å²) in [6.07, 6.45) is 1.61. The Hall–Kier alpha value is -3.65. The van der Waals surface area contributed by atoms with E-state index >= 15 is 0 Å². The molecule has 0 fully saturated rings. The van der Waals surface area contributed by atoms with Crippen LogP contribution < -0.4 is 5.73 Å². The fraction of sp³-hybridized carbons (Fsp3) is 0.0952. The molecule has 0 aliphatic heterocycles. The van der Waals surface area contributed by atoms with Gasteiger partial charge in [-0.05, 0) is 12.1 Å². The van der Waals surface area contributed by atoms with Gasteiger partial charge < -0.3 is 10.6 Å². The number of carbonyl (C=O) groups excluding carboxylic acids is 1. The van der Waals surface area contributed by atoms with Gasteiger partial charge in [-0.2, -0.15) is 0 Å². The topological polar surface area (TPSA) is 97.9 Å². The van der Waals surface area contributed by atoms with Gasteiger partial charge in [0.2, 0.25) is 0 Å². The van der Waals surface area contributed by atoms with Gasteiger partial charge in [0.25, 0.3) is 5.91 Å². The number of carbonyl (C=O) groups is 1. The quantitative estimate of drug-likeness (QED) is 0.560. The third-order valence-corrected chi connectivity index (χ3v) is 5.26. The van der Waals surface area contributed by atoms with Crippen LogP contribution in [0.15, 0.2) is 60.8 Å². The van der Waals surface area contributed by atoms with E-state index in [2.05, 4.69) is 20.2 Å². The van der Waals surface area contributed by atoms with Crippen molar-refractivity contribution < 1.29 is 4.79 Å². The predicted molar refractivity (Wildman–Crippen MR) is 114 cm³/mol. The lowest BCUT2D eigenvalue weighted by Crippen LogP contribution is -2.21. The zero-order valence-electron chi connectivity index (χ0n) is 15.9. The number of hydrogen-bond acceptors (Lipinski definition) is 7. The Morgan fingerprint density at radius 3 is 2.31 bits per heavy atom. The van der Waals surface area contributed by atoms with E-state index in [0.29, 0.717) is 27.8 Å². The van der Waals surface area contributed by atoms with Crippen molar-refractivity contribution in [3.63, 3.8) is 0 Å². The lowest BCUT2D eigenvalue weighted by atomic mass is 10.1. The van der Waals surface area contributed by atoms with Crippen LogP contribution in [-0.4, -0.2) is 45.1 Å². The Labute approximate surface area is 171 Å². The van der Waals surface area contributed by atoms with Gasteiger partial charge in [-0.1, -0.05) is 53.8 Å². The third-order valence-electron chi connectivity index (χ3n) is 4.28. The van der Waals surface area contributed by atoms with Gasteiger partial charge in [0.05, 0.1) is 11.9 Å². The van der Waals surface area contributed by atoms with Crippen molar-refractivity contribution in [2.75, 3.05) is 19.8 Å². The van der Waals surface area contributed by atoms with Crippen LogP contribution in [0.5, 0.6) is 0 Å². The molecule has 1 amide bonds. The maximum Gasteiger partial charge on any atom is 0.253 e. The lowest BCUT2D eigenvalue weighted by molar-refractivity contribution is 0.0827. The second-order valence-corrected chi connectivity index (χ2v) is 7.52. The molecule has 0 atom stereocenters. The standard InChI is InChI=1S/C21H18N6OS/c1-27(2)21(28)15-10-8-13(9-11-15)16-12-23-18(22)17(24-16)20-26-25-19(29-20)14-6-4-3-5-7-14/h3-12H,1-2H3,(H2,22,23). The minimum absolute atomic E-state index is 0.0528. The summed E-state index contributed by atoms with van der Waals surface area (Å²) in [5, 5.41) is 9.90. The highest BCUT2D eigenvalue weighted by Crippen LogP contribution is 2.32. The summed E-state index contributed by atoms with van der Waals surface area (Å²) >= 11 is 1.41. The fourth-order valence-corrected chi connectivity index (χ4v) is 3.60. The van der Waals surface area contributed by atoms with Gasteiger partial charge in [0.15, 0.2) is 10.8 Å². The van der Waals surface area contributed by atoms with E-state index in [4.69, 9.17) is 5.73 Å². The number of anilines is 1. The number of nitrogens with zero attached hydrogens (tertiary/aromatic N) is 5. The molecule has 7 nitrogen and oxygen atoms in total. The summed E-state index contributed by atoms with van der Waals surface area (Å²) in [5.41, 5.74) is 9.63. The highest BCUT2D eigenvalue weighted by molar-refractivity contribution is 7.17. The molecule has 0 spiro atoms. The van der Waals surface area contributed by atoms with Crippen LogP contribution in [-0.2, 0) is 0 Å². The van der Waals surface area contributed by atoms with E-state index in [1.165, 1.54) is 16.2 Å². The first-order chi connectivity index (χ1) is 14.0. The normalized spacial score (nSPS) is 10.7. The van der Waals surface area contributed by atoms with Crippen molar-refractivity contribution in [2.45, 2.75) is 0 Å². The van der Waals surface area contributed by atoms with Crippen LogP contribution in [0.4, 0.5) is 5.82 Å². The van der Waals surface area contributed by atoms with Gasteiger partial charge in [-0.3, -0.25) is 4.79 Å². The first-order valence-electron chi connectivity index (χ1n) is 8.87. The number of aromatic nitrogens is 4. The van der Waals surface area contributed by atoms with Crippen molar-refractivity contribution in [1.82, 2.24) is 25.1 Å². The van der Waals surface area contributed by atoms with Gasteiger partial charge in [-0.25, -0.2) is 9.97 Å². The van der Waals surface area contributed by atoms with Gasteiger partial charge in [0, 0.05) is 30.8 Å². The Kier molecular flexibility index (Phi) is 5.01. The summed E-state index contributed by atoms with van der Waals surface area (Å²) in [4.78, 5) is 22.5. The number of rotatable bonds is 4. The molecule has 4 rings (SSSR count). The third kappa shape index (κ3) is 3.83. The molecular weight excluding hydrogens is 384 g/mol. The van der Waals surface area contributed by atoms with Crippen molar-refractivity contribution in [2.24, 2.45) is 0 Å². The number of hydrogen-bond donors (Lipinski definition) is 1. The Morgan fingerprint density at radius 1 is 0.931 bits per heavy atom. The molecule has 29 heavy (non-hydrogen) atoms. The van der Waals surface area contributed by atoms with Crippen LogP contribution in [0.1, 0.15) is 10.4 Å². The molecule has 0 saturated heterocycles. The van der Waals surface area contributed by atoms with Crippen molar-refractivity contribution in [3.8, 4) is 32.5 Å². The molecule has 144 valence electrons. The molecule has 2 aromatic carbocycles. The summed E-state index contributed by atoms with van der Waals surface area (Å²) in [6, 6.07) is 17.0. The molecule has 2 aromatic heterocycles. The fourth-order valence-electron chi connectivity index (χ4n) is 2.75. The maximum atomic E-state index is 12.1. The van der Waals surface area contributed by atoms with E-state index in [1.54, 1.807) is 32.4 Å². The first-order valence-corrected chi connectivity index (χ1v) is 9.68. The molecule has 2 N–H and O–H groups in total. The minimum atomic E-state index is -0.0528. The average molecular weight is 402 g/mol. The average Bonchev–Trinajstić information content (AvgIpc) is 3.24. The largest absolute Gasteiger partial charge is 0.382 e. The second-order valence-electron chi connectivity index (χ2n) is 6.54. The SMILES string of the molecule is CN(C)C(=O)c1ccc(-c2cnc(N)c(-c3nnc(-c4ccccc4)s3)n2)cc1. The van der Waals surface area contributed by atoms with Crippen molar-refractivity contribution in [3.05, 3.63) is 66.4 Å². The zero-order chi connectivity index (χ0) is 20.4. The van der Waals surface area contributed by atoms with E-state index < -0.39 is 0 Å². The summed E-state index contributed by atoms with van der Waals surface area (Å²) in [6.45, 7) is 0. The van der Waals surface area contributed by atoms with Crippen LogP contribution in [0.25, 0.3) is 32.5 Å². The van der Waals surface area contributed by atoms with Gasteiger partial charge >= 0.3 is 0 Å². The predicted octanol–water partition coefficient (Wildman–Crippen LogP) is 3.61. The van der Waals surface area contributed by atoms with E-state index in [-0.39, 0.29) is 5.91 Å². The lowest BCUT2D eigenvalue weighted by Gasteiger charge is -2.10. The van der Waals surface area contributed by atoms with Crippen LogP contribution in [0, 0.1) is 0 Å². The second kappa shape index (κ2) is 7.76. The highest BCUT2D eigenvalue weighted by atomic mass is 32.1. The van der Waals surface area contributed by atoms with Crippen LogP contribution in [0.3, 0.4) is 0 Å².